The number of rotatable bonds is 5. The lowest BCUT2D eigenvalue weighted by molar-refractivity contribution is -0.242. The zero-order valence-electron chi connectivity index (χ0n) is 15.2. The first-order valence-electron chi connectivity index (χ1n) is 8.44. The van der Waals surface area contributed by atoms with Gasteiger partial charge in [-0.2, -0.15) is 13.2 Å². The van der Waals surface area contributed by atoms with Crippen molar-refractivity contribution in [2.24, 2.45) is 0 Å². The number of piperazine rings is 1. The summed E-state index contributed by atoms with van der Waals surface area (Å²) in [6.45, 7) is 3.74. The third kappa shape index (κ3) is 4.37. The summed E-state index contributed by atoms with van der Waals surface area (Å²) in [5, 5.41) is 14.4. The summed E-state index contributed by atoms with van der Waals surface area (Å²) in [4.78, 5) is 13.6. The Kier molecular flexibility index (Phi) is 6.54. The maximum atomic E-state index is 12.9. The van der Waals surface area contributed by atoms with E-state index in [2.05, 4.69) is 5.32 Å². The summed E-state index contributed by atoms with van der Waals surface area (Å²) in [5.74, 6) is -1.92. The predicted octanol–water partition coefficient (Wildman–Crippen LogP) is 1.79. The number of alkyl halides is 3. The van der Waals surface area contributed by atoms with Crippen LogP contribution in [0.2, 0.25) is 5.02 Å². The normalized spacial score (nSPS) is 17.9. The molecule has 0 radical (unpaired) electrons. The van der Waals surface area contributed by atoms with Crippen LogP contribution in [0.4, 0.5) is 24.5 Å². The van der Waals surface area contributed by atoms with Gasteiger partial charge in [-0.3, -0.25) is 4.79 Å². The molecule has 0 aromatic heterocycles. The summed E-state index contributed by atoms with van der Waals surface area (Å²) in [7, 11) is -3.69. The average molecular weight is 444 g/mol. The van der Waals surface area contributed by atoms with Crippen molar-refractivity contribution in [3.8, 4) is 0 Å². The Bertz CT molecular complexity index is 853. The second-order valence-electron chi connectivity index (χ2n) is 6.44. The van der Waals surface area contributed by atoms with Gasteiger partial charge in [-0.15, -0.1) is 0 Å². The number of nitrogens with zero attached hydrogens (tertiary/aromatic N) is 1. The molecule has 1 aliphatic rings. The molecule has 1 aliphatic heterocycles. The number of hydrogen-bond donors (Lipinski definition) is 3. The van der Waals surface area contributed by atoms with Crippen LogP contribution in [0.5, 0.6) is 0 Å². The molecule has 1 atom stereocenters. The number of anilines is 2. The fraction of sp³-hybridized carbons (Fsp3) is 0.562. The van der Waals surface area contributed by atoms with Crippen LogP contribution in [0.15, 0.2) is 17.0 Å². The fourth-order valence-corrected chi connectivity index (χ4v) is 4.11. The first kappa shape index (κ1) is 22.7. The molecule has 0 aliphatic carbocycles. The molecule has 0 bridgehead atoms. The van der Waals surface area contributed by atoms with E-state index in [0.717, 1.165) is 6.07 Å². The number of benzene rings is 1. The van der Waals surface area contributed by atoms with Gasteiger partial charge in [0.05, 0.1) is 27.0 Å². The van der Waals surface area contributed by atoms with E-state index in [9.17, 15) is 31.5 Å². The Morgan fingerprint density at radius 1 is 1.32 bits per heavy atom. The summed E-state index contributed by atoms with van der Waals surface area (Å²) in [5.41, 5.74) is -3.74. The summed E-state index contributed by atoms with van der Waals surface area (Å²) in [6.07, 6.45) is -5.20. The number of carbonyl (C=O) groups is 1. The highest BCUT2D eigenvalue weighted by Gasteiger charge is 2.55. The lowest BCUT2D eigenvalue weighted by Gasteiger charge is -2.32. The minimum Gasteiger partial charge on any atom is -0.373 e. The molecular formula is C16H21ClF3N3O4S. The number of carbonyl (C=O) groups excluding carboxylic acids is 1. The molecule has 1 heterocycles. The van der Waals surface area contributed by atoms with Crippen molar-refractivity contribution in [3.05, 3.63) is 17.2 Å². The van der Waals surface area contributed by atoms with Crippen LogP contribution < -0.4 is 15.5 Å². The number of halogens is 4. The van der Waals surface area contributed by atoms with Crippen molar-refractivity contribution < 1.29 is 31.5 Å². The van der Waals surface area contributed by atoms with Gasteiger partial charge in [0.2, 0.25) is 5.60 Å². The van der Waals surface area contributed by atoms with E-state index in [1.165, 1.54) is 13.0 Å². The lowest BCUT2D eigenvalue weighted by atomic mass is 10.1. The Hall–Kier alpha value is -1.56. The van der Waals surface area contributed by atoms with Gasteiger partial charge in [0, 0.05) is 26.2 Å². The van der Waals surface area contributed by atoms with Crippen molar-refractivity contribution in [1.29, 1.82) is 0 Å². The third-order valence-electron chi connectivity index (χ3n) is 4.47. The highest BCUT2D eigenvalue weighted by atomic mass is 35.5. The summed E-state index contributed by atoms with van der Waals surface area (Å²) >= 11 is 6.31. The Morgan fingerprint density at radius 2 is 1.89 bits per heavy atom. The minimum absolute atomic E-state index is 0.0671. The topological polar surface area (TPSA) is 98.7 Å². The molecule has 1 fully saturated rings. The van der Waals surface area contributed by atoms with Gasteiger partial charge >= 0.3 is 6.18 Å². The van der Waals surface area contributed by atoms with Gasteiger partial charge in [0.25, 0.3) is 5.91 Å². The SMILES string of the molecule is CCS(=O)(=O)c1ccc(NC(=O)C(C)(O)C(F)(F)F)c(Cl)c1N1CCNCC1. The van der Waals surface area contributed by atoms with E-state index in [1.54, 1.807) is 4.90 Å². The molecule has 1 unspecified atom stereocenters. The molecule has 1 aromatic rings. The van der Waals surface area contributed by atoms with Gasteiger partial charge < -0.3 is 20.6 Å². The van der Waals surface area contributed by atoms with E-state index in [1.807, 2.05) is 5.32 Å². The molecule has 7 nitrogen and oxygen atoms in total. The third-order valence-corrected chi connectivity index (χ3v) is 6.61. The van der Waals surface area contributed by atoms with Crippen LogP contribution in [-0.2, 0) is 14.6 Å². The van der Waals surface area contributed by atoms with E-state index in [4.69, 9.17) is 11.6 Å². The average Bonchev–Trinajstić information content (AvgIpc) is 2.62. The second kappa shape index (κ2) is 8.05. The number of nitrogens with one attached hydrogen (secondary N) is 2. The van der Waals surface area contributed by atoms with Crippen molar-refractivity contribution in [3.63, 3.8) is 0 Å². The summed E-state index contributed by atoms with van der Waals surface area (Å²) in [6, 6.07) is 2.31. The molecular weight excluding hydrogens is 423 g/mol. The largest absolute Gasteiger partial charge is 0.426 e. The molecule has 1 saturated heterocycles. The van der Waals surface area contributed by atoms with Crippen LogP contribution in [0.25, 0.3) is 0 Å². The van der Waals surface area contributed by atoms with Crippen LogP contribution in [0, 0.1) is 0 Å². The fourth-order valence-electron chi connectivity index (χ4n) is 2.61. The van der Waals surface area contributed by atoms with Gasteiger partial charge in [-0.1, -0.05) is 18.5 Å². The predicted molar refractivity (Wildman–Crippen MR) is 99.6 cm³/mol. The molecule has 0 spiro atoms. The van der Waals surface area contributed by atoms with Crippen LogP contribution in [0.3, 0.4) is 0 Å². The Balaban J connectivity index is 2.52. The zero-order chi connectivity index (χ0) is 21.3. The molecule has 158 valence electrons. The van der Waals surface area contributed by atoms with E-state index < -0.39 is 27.5 Å². The molecule has 0 saturated carbocycles. The second-order valence-corrected chi connectivity index (χ2v) is 9.06. The van der Waals surface area contributed by atoms with Gasteiger partial charge in [0.1, 0.15) is 0 Å². The van der Waals surface area contributed by atoms with Gasteiger partial charge in [-0.25, -0.2) is 8.42 Å². The number of hydrogen-bond acceptors (Lipinski definition) is 6. The Morgan fingerprint density at radius 3 is 2.39 bits per heavy atom. The summed E-state index contributed by atoms with van der Waals surface area (Å²) < 4.78 is 63.6. The smallest absolute Gasteiger partial charge is 0.373 e. The van der Waals surface area contributed by atoms with E-state index >= 15 is 0 Å². The molecule has 12 heteroatoms. The minimum atomic E-state index is -5.20. The van der Waals surface area contributed by atoms with Crippen molar-refractivity contribution in [2.45, 2.75) is 30.5 Å². The van der Waals surface area contributed by atoms with E-state index in [0.29, 0.717) is 33.1 Å². The van der Waals surface area contributed by atoms with Gasteiger partial charge in [0.15, 0.2) is 9.84 Å². The monoisotopic (exact) mass is 443 g/mol. The van der Waals surface area contributed by atoms with Crippen LogP contribution >= 0.6 is 11.6 Å². The number of amides is 1. The van der Waals surface area contributed by atoms with Crippen molar-refractivity contribution in [1.82, 2.24) is 5.32 Å². The molecule has 1 amide bonds. The molecule has 28 heavy (non-hydrogen) atoms. The van der Waals surface area contributed by atoms with Crippen molar-refractivity contribution >= 4 is 38.7 Å². The van der Waals surface area contributed by atoms with E-state index in [-0.39, 0.29) is 27.0 Å². The number of aliphatic hydroxyl groups is 1. The molecule has 1 aromatic carbocycles. The highest BCUT2D eigenvalue weighted by molar-refractivity contribution is 7.91. The quantitative estimate of drug-likeness (QED) is 0.642. The Labute approximate surface area is 165 Å². The first-order chi connectivity index (χ1) is 12.8. The molecule has 3 N–H and O–H groups in total. The zero-order valence-corrected chi connectivity index (χ0v) is 16.8. The maximum absolute atomic E-state index is 12.9. The number of sulfone groups is 1. The first-order valence-corrected chi connectivity index (χ1v) is 10.5. The maximum Gasteiger partial charge on any atom is 0.426 e. The molecule has 2 rings (SSSR count). The van der Waals surface area contributed by atoms with Crippen molar-refractivity contribution in [2.75, 3.05) is 42.1 Å². The van der Waals surface area contributed by atoms with Crippen LogP contribution in [0.1, 0.15) is 13.8 Å². The van der Waals surface area contributed by atoms with Gasteiger partial charge in [-0.05, 0) is 19.1 Å². The highest BCUT2D eigenvalue weighted by Crippen LogP contribution is 2.40. The standard InChI is InChI=1S/C16H21ClF3N3O4S/c1-3-28(26,27)11-5-4-10(22-14(24)15(2,25)16(18,19)20)12(17)13(11)23-8-6-21-7-9-23/h4-5,21,25H,3,6-9H2,1-2H3,(H,22,24). The lowest BCUT2D eigenvalue weighted by Crippen LogP contribution is -2.52. The van der Waals surface area contributed by atoms with Crippen LogP contribution in [-0.4, -0.2) is 63.1 Å².